The maximum absolute atomic E-state index is 9.12. The van der Waals surface area contributed by atoms with E-state index in [9.17, 15) is 0 Å². The predicted molar refractivity (Wildman–Crippen MR) is 56.4 cm³/mol. The van der Waals surface area contributed by atoms with E-state index in [-0.39, 0.29) is 6.10 Å². The number of rotatable bonds is 3. The Morgan fingerprint density at radius 1 is 1.50 bits per heavy atom. The second kappa shape index (κ2) is 3.96. The van der Waals surface area contributed by atoms with Crippen molar-refractivity contribution in [2.45, 2.75) is 32.3 Å². The summed E-state index contributed by atoms with van der Waals surface area (Å²) in [5, 5.41) is 12.2. The van der Waals surface area contributed by atoms with Gasteiger partial charge in [0.15, 0.2) is 0 Å². The van der Waals surface area contributed by atoms with Crippen LogP contribution < -0.4 is 5.32 Å². The second-order valence-electron chi connectivity index (χ2n) is 3.89. The molecule has 14 heavy (non-hydrogen) atoms. The Balaban J connectivity index is 2.05. The average Bonchev–Trinajstić information content (AvgIpc) is 2.61. The number of aliphatic hydroxyl groups excluding tert-OH is 1. The molecule has 2 rings (SSSR count). The van der Waals surface area contributed by atoms with Crippen LogP contribution in [-0.2, 0) is 12.8 Å². The Morgan fingerprint density at radius 2 is 2.36 bits per heavy atom. The molecule has 1 aromatic heterocycles. The number of aliphatic hydroxyl groups is 1. The van der Waals surface area contributed by atoms with Crippen LogP contribution in [0, 0.1) is 0 Å². The second-order valence-corrected chi connectivity index (χ2v) is 3.89. The molecule has 1 heterocycles. The van der Waals surface area contributed by atoms with Gasteiger partial charge in [0.25, 0.3) is 0 Å². The van der Waals surface area contributed by atoms with Crippen molar-refractivity contribution in [1.82, 2.24) is 4.98 Å². The van der Waals surface area contributed by atoms with Crippen LogP contribution in [0.15, 0.2) is 12.1 Å². The van der Waals surface area contributed by atoms with Crippen LogP contribution in [0.2, 0.25) is 0 Å². The van der Waals surface area contributed by atoms with Crippen LogP contribution >= 0.6 is 0 Å². The SMILES string of the molecule is CC(O)CNc1ccc2c(n1)CCC2. The van der Waals surface area contributed by atoms with Crippen molar-refractivity contribution in [1.29, 1.82) is 0 Å². The summed E-state index contributed by atoms with van der Waals surface area (Å²) in [5.74, 6) is 0.881. The fourth-order valence-electron chi connectivity index (χ4n) is 1.77. The predicted octanol–water partition coefficient (Wildman–Crippen LogP) is 1.36. The Labute approximate surface area is 84.2 Å². The Morgan fingerprint density at radius 3 is 3.14 bits per heavy atom. The summed E-state index contributed by atoms with van der Waals surface area (Å²) in [6.07, 6.45) is 3.16. The summed E-state index contributed by atoms with van der Waals surface area (Å²) >= 11 is 0. The van der Waals surface area contributed by atoms with E-state index in [1.807, 2.05) is 6.07 Å². The van der Waals surface area contributed by atoms with Gasteiger partial charge >= 0.3 is 0 Å². The van der Waals surface area contributed by atoms with Crippen LogP contribution in [0.25, 0.3) is 0 Å². The van der Waals surface area contributed by atoms with Crippen molar-refractivity contribution >= 4 is 5.82 Å². The van der Waals surface area contributed by atoms with E-state index < -0.39 is 0 Å². The van der Waals surface area contributed by atoms with Crippen LogP contribution in [0.3, 0.4) is 0 Å². The van der Waals surface area contributed by atoms with E-state index in [0.717, 1.165) is 12.2 Å². The van der Waals surface area contributed by atoms with Gasteiger partial charge in [0.1, 0.15) is 5.82 Å². The lowest BCUT2D eigenvalue weighted by Gasteiger charge is -2.08. The number of hydrogen-bond acceptors (Lipinski definition) is 3. The molecule has 3 heteroatoms. The minimum atomic E-state index is -0.329. The minimum absolute atomic E-state index is 0.329. The standard InChI is InChI=1S/C11H16N2O/c1-8(14)7-12-11-6-5-9-3-2-4-10(9)13-11/h5-6,8,14H,2-4,7H2,1H3,(H,12,13). The number of nitrogens with zero attached hydrogens (tertiary/aromatic N) is 1. The number of anilines is 1. The van der Waals surface area contributed by atoms with Crippen molar-refractivity contribution in [3.63, 3.8) is 0 Å². The molecule has 1 atom stereocenters. The molecule has 3 nitrogen and oxygen atoms in total. The highest BCUT2D eigenvalue weighted by atomic mass is 16.3. The lowest BCUT2D eigenvalue weighted by molar-refractivity contribution is 0.208. The van der Waals surface area contributed by atoms with Crippen molar-refractivity contribution in [3.05, 3.63) is 23.4 Å². The highest BCUT2D eigenvalue weighted by Crippen LogP contribution is 2.21. The molecular formula is C11H16N2O. The molecule has 0 fully saturated rings. The Bertz CT molecular complexity index is 323. The third-order valence-electron chi connectivity index (χ3n) is 2.51. The minimum Gasteiger partial charge on any atom is -0.392 e. The van der Waals surface area contributed by atoms with Gasteiger partial charge in [0.2, 0.25) is 0 Å². The van der Waals surface area contributed by atoms with Gasteiger partial charge in [-0.1, -0.05) is 6.07 Å². The fraction of sp³-hybridized carbons (Fsp3) is 0.545. The number of aryl methyl sites for hydroxylation is 2. The first-order valence-electron chi connectivity index (χ1n) is 5.16. The molecule has 1 aliphatic rings. The lowest BCUT2D eigenvalue weighted by atomic mass is 10.2. The van der Waals surface area contributed by atoms with Gasteiger partial charge in [-0.2, -0.15) is 0 Å². The lowest BCUT2D eigenvalue weighted by Crippen LogP contribution is -2.16. The summed E-state index contributed by atoms with van der Waals surface area (Å²) in [6, 6.07) is 4.13. The van der Waals surface area contributed by atoms with Crippen LogP contribution in [0.5, 0.6) is 0 Å². The first-order valence-corrected chi connectivity index (χ1v) is 5.16. The molecule has 0 amide bonds. The molecule has 1 aromatic rings. The van der Waals surface area contributed by atoms with Gasteiger partial charge in [-0.05, 0) is 37.8 Å². The molecular weight excluding hydrogens is 176 g/mol. The van der Waals surface area contributed by atoms with Crippen LogP contribution in [-0.4, -0.2) is 22.7 Å². The van der Waals surface area contributed by atoms with Crippen molar-refractivity contribution in [2.75, 3.05) is 11.9 Å². The maximum Gasteiger partial charge on any atom is 0.126 e. The van der Waals surface area contributed by atoms with Gasteiger partial charge in [-0.25, -0.2) is 4.98 Å². The molecule has 0 bridgehead atoms. The van der Waals surface area contributed by atoms with Gasteiger partial charge in [-0.15, -0.1) is 0 Å². The molecule has 0 saturated carbocycles. The van der Waals surface area contributed by atoms with E-state index in [4.69, 9.17) is 5.11 Å². The van der Waals surface area contributed by atoms with Gasteiger partial charge in [-0.3, -0.25) is 0 Å². The normalized spacial score (nSPS) is 16.4. The molecule has 0 spiro atoms. The summed E-state index contributed by atoms with van der Waals surface area (Å²) in [7, 11) is 0. The smallest absolute Gasteiger partial charge is 0.126 e. The highest BCUT2D eigenvalue weighted by Gasteiger charge is 2.12. The van der Waals surface area contributed by atoms with Crippen molar-refractivity contribution in [2.24, 2.45) is 0 Å². The molecule has 0 saturated heterocycles. The molecule has 1 aliphatic carbocycles. The fourth-order valence-corrected chi connectivity index (χ4v) is 1.77. The maximum atomic E-state index is 9.12. The Hall–Kier alpha value is -1.09. The quantitative estimate of drug-likeness (QED) is 0.760. The van der Waals surface area contributed by atoms with E-state index in [0.29, 0.717) is 6.54 Å². The first kappa shape index (κ1) is 9.46. The summed E-state index contributed by atoms with van der Waals surface area (Å²) in [6.45, 7) is 2.33. The van der Waals surface area contributed by atoms with E-state index in [2.05, 4.69) is 16.4 Å². The number of hydrogen-bond donors (Lipinski definition) is 2. The third kappa shape index (κ3) is 2.04. The largest absolute Gasteiger partial charge is 0.392 e. The van der Waals surface area contributed by atoms with E-state index >= 15 is 0 Å². The molecule has 0 aromatic carbocycles. The van der Waals surface area contributed by atoms with Gasteiger partial charge in [0, 0.05) is 12.2 Å². The Kier molecular flexibility index (Phi) is 2.68. The van der Waals surface area contributed by atoms with E-state index in [1.165, 1.54) is 24.1 Å². The number of pyridine rings is 1. The van der Waals surface area contributed by atoms with Crippen molar-refractivity contribution in [3.8, 4) is 0 Å². The van der Waals surface area contributed by atoms with E-state index in [1.54, 1.807) is 6.92 Å². The molecule has 0 radical (unpaired) electrons. The zero-order valence-corrected chi connectivity index (χ0v) is 8.45. The molecule has 76 valence electrons. The average molecular weight is 192 g/mol. The van der Waals surface area contributed by atoms with Crippen molar-refractivity contribution < 1.29 is 5.11 Å². The van der Waals surface area contributed by atoms with Gasteiger partial charge in [0.05, 0.1) is 6.10 Å². The number of fused-ring (bicyclic) bond motifs is 1. The molecule has 0 aliphatic heterocycles. The number of aromatic nitrogens is 1. The molecule has 2 N–H and O–H groups in total. The third-order valence-corrected chi connectivity index (χ3v) is 2.51. The zero-order valence-electron chi connectivity index (χ0n) is 8.45. The van der Waals surface area contributed by atoms with Crippen LogP contribution in [0.4, 0.5) is 5.82 Å². The highest BCUT2D eigenvalue weighted by molar-refractivity contribution is 5.40. The first-order chi connectivity index (χ1) is 6.75. The number of nitrogens with one attached hydrogen (secondary N) is 1. The van der Waals surface area contributed by atoms with Gasteiger partial charge < -0.3 is 10.4 Å². The molecule has 1 unspecified atom stereocenters. The topological polar surface area (TPSA) is 45.1 Å². The zero-order chi connectivity index (χ0) is 9.97. The summed E-state index contributed by atoms with van der Waals surface area (Å²) < 4.78 is 0. The monoisotopic (exact) mass is 192 g/mol. The van der Waals surface area contributed by atoms with Crippen LogP contribution in [0.1, 0.15) is 24.6 Å². The summed E-state index contributed by atoms with van der Waals surface area (Å²) in [4.78, 5) is 4.50. The summed E-state index contributed by atoms with van der Waals surface area (Å²) in [5.41, 5.74) is 2.60.